The maximum Gasteiger partial charge on any atom is 0.332 e. The van der Waals surface area contributed by atoms with E-state index in [4.69, 9.17) is 0 Å². The Morgan fingerprint density at radius 2 is 1.81 bits per heavy atom. The maximum atomic E-state index is 14.2. The lowest BCUT2D eigenvalue weighted by Gasteiger charge is -2.25. The third kappa shape index (κ3) is 3.72. The van der Waals surface area contributed by atoms with E-state index in [0.717, 1.165) is 36.4 Å². The standard InChI is InChI=1S/C25H24FN3O2S/c1-16-7-8-17(13-20(16)26)15-28-21-14-22(18-5-3-2-4-6-18)32-23(21)24(30)29(25(28)31)19-9-11-27-12-10-19/h2-8,13-14,19,27H,9-12,15H2,1H3. The van der Waals surface area contributed by atoms with Crippen molar-refractivity contribution < 1.29 is 4.39 Å². The quantitative estimate of drug-likeness (QED) is 0.505. The average molecular weight is 450 g/mol. The highest BCUT2D eigenvalue weighted by atomic mass is 32.1. The molecule has 5 nitrogen and oxygen atoms in total. The number of nitrogens with one attached hydrogen (secondary N) is 1. The van der Waals surface area contributed by atoms with Gasteiger partial charge in [0.25, 0.3) is 5.56 Å². The second kappa shape index (κ2) is 8.48. The highest BCUT2D eigenvalue weighted by molar-refractivity contribution is 7.22. The second-order valence-corrected chi connectivity index (χ2v) is 9.35. The molecule has 0 saturated carbocycles. The van der Waals surface area contributed by atoms with Crippen molar-refractivity contribution in [3.8, 4) is 10.4 Å². The Hall–Kier alpha value is -3.03. The van der Waals surface area contributed by atoms with Crippen molar-refractivity contribution in [2.24, 2.45) is 0 Å². The zero-order chi connectivity index (χ0) is 22.2. The van der Waals surface area contributed by atoms with Crippen LogP contribution in [-0.2, 0) is 6.54 Å². The molecule has 1 saturated heterocycles. The van der Waals surface area contributed by atoms with E-state index in [-0.39, 0.29) is 29.7 Å². The fourth-order valence-corrected chi connectivity index (χ4v) is 5.47. The number of hydrogen-bond donors (Lipinski definition) is 1. The molecule has 164 valence electrons. The molecule has 7 heteroatoms. The predicted molar refractivity (Wildman–Crippen MR) is 127 cm³/mol. The van der Waals surface area contributed by atoms with E-state index < -0.39 is 0 Å². The SMILES string of the molecule is Cc1ccc(Cn2c(=O)n(C3CCNCC3)c(=O)c3sc(-c4ccccc4)cc32)cc1F. The Morgan fingerprint density at radius 1 is 1.06 bits per heavy atom. The summed E-state index contributed by atoms with van der Waals surface area (Å²) in [4.78, 5) is 28.0. The molecule has 32 heavy (non-hydrogen) atoms. The molecule has 4 aromatic rings. The van der Waals surface area contributed by atoms with Gasteiger partial charge in [-0.1, -0.05) is 42.5 Å². The number of benzene rings is 2. The number of thiophene rings is 1. The number of fused-ring (bicyclic) bond motifs is 1. The molecule has 0 amide bonds. The number of aryl methyl sites for hydroxylation is 1. The molecule has 0 bridgehead atoms. The molecule has 0 unspecified atom stereocenters. The van der Waals surface area contributed by atoms with E-state index in [1.54, 1.807) is 17.6 Å². The Labute approximate surface area is 188 Å². The van der Waals surface area contributed by atoms with Gasteiger partial charge in [-0.15, -0.1) is 11.3 Å². The van der Waals surface area contributed by atoms with Crippen molar-refractivity contribution >= 4 is 21.6 Å². The molecule has 2 aromatic heterocycles. The first kappa shape index (κ1) is 20.8. The van der Waals surface area contributed by atoms with E-state index in [0.29, 0.717) is 21.3 Å². The highest BCUT2D eigenvalue weighted by Crippen LogP contribution is 2.32. The van der Waals surface area contributed by atoms with E-state index in [1.165, 1.54) is 22.0 Å². The number of nitrogens with zero attached hydrogens (tertiary/aromatic N) is 2. The van der Waals surface area contributed by atoms with Gasteiger partial charge in [-0.2, -0.15) is 0 Å². The van der Waals surface area contributed by atoms with Gasteiger partial charge in [-0.25, -0.2) is 9.18 Å². The van der Waals surface area contributed by atoms with E-state index in [9.17, 15) is 14.0 Å². The molecule has 3 heterocycles. The van der Waals surface area contributed by atoms with Crippen LogP contribution in [0.3, 0.4) is 0 Å². The number of rotatable bonds is 4. The van der Waals surface area contributed by atoms with Crippen LogP contribution in [0.15, 0.2) is 64.2 Å². The molecule has 1 N–H and O–H groups in total. The molecular formula is C25H24FN3O2S. The lowest BCUT2D eigenvalue weighted by Crippen LogP contribution is -2.45. The fraction of sp³-hybridized carbons (Fsp3) is 0.280. The first-order valence-corrected chi connectivity index (χ1v) is 11.6. The van der Waals surface area contributed by atoms with Crippen molar-refractivity contribution in [1.29, 1.82) is 0 Å². The van der Waals surface area contributed by atoms with Crippen molar-refractivity contribution in [1.82, 2.24) is 14.5 Å². The zero-order valence-electron chi connectivity index (χ0n) is 17.8. The lowest BCUT2D eigenvalue weighted by molar-refractivity contribution is 0.346. The van der Waals surface area contributed by atoms with Gasteiger partial charge in [-0.3, -0.25) is 13.9 Å². The topological polar surface area (TPSA) is 56.0 Å². The molecule has 1 aliphatic heterocycles. The third-order valence-electron chi connectivity index (χ3n) is 6.16. The van der Waals surface area contributed by atoms with Gasteiger partial charge in [0, 0.05) is 10.9 Å². The normalized spacial score (nSPS) is 14.8. The molecule has 2 aromatic carbocycles. The van der Waals surface area contributed by atoms with Crippen LogP contribution in [0.5, 0.6) is 0 Å². The molecule has 1 fully saturated rings. The summed E-state index contributed by atoms with van der Waals surface area (Å²) in [6, 6.07) is 16.6. The van der Waals surface area contributed by atoms with Crippen molar-refractivity contribution in [2.45, 2.75) is 32.4 Å². The Balaban J connectivity index is 1.73. The van der Waals surface area contributed by atoms with Crippen LogP contribution in [0.25, 0.3) is 20.7 Å². The first-order chi connectivity index (χ1) is 15.5. The van der Waals surface area contributed by atoms with E-state index in [1.807, 2.05) is 42.5 Å². The smallest absolute Gasteiger partial charge is 0.317 e. The summed E-state index contributed by atoms with van der Waals surface area (Å²) in [6.45, 7) is 3.48. The summed E-state index contributed by atoms with van der Waals surface area (Å²) in [5.74, 6) is -0.297. The van der Waals surface area contributed by atoms with Gasteiger partial charge in [0.1, 0.15) is 10.5 Å². The number of piperidine rings is 1. The minimum atomic E-state index is -0.326. The molecule has 5 rings (SSSR count). The molecular weight excluding hydrogens is 425 g/mol. The molecule has 0 atom stereocenters. The maximum absolute atomic E-state index is 14.2. The number of halogens is 1. The van der Waals surface area contributed by atoms with Crippen LogP contribution in [-0.4, -0.2) is 22.2 Å². The Bertz CT molecular complexity index is 1400. The van der Waals surface area contributed by atoms with Crippen molar-refractivity contribution in [3.63, 3.8) is 0 Å². The van der Waals surface area contributed by atoms with Gasteiger partial charge in [0.05, 0.1) is 12.1 Å². The van der Waals surface area contributed by atoms with Crippen LogP contribution >= 0.6 is 11.3 Å². The monoisotopic (exact) mass is 449 g/mol. The van der Waals surface area contributed by atoms with Crippen LogP contribution < -0.4 is 16.6 Å². The average Bonchev–Trinajstić information content (AvgIpc) is 3.26. The second-order valence-electron chi connectivity index (χ2n) is 8.30. The van der Waals surface area contributed by atoms with Crippen molar-refractivity contribution in [3.05, 3.63) is 92.4 Å². The van der Waals surface area contributed by atoms with Gasteiger partial charge >= 0.3 is 5.69 Å². The lowest BCUT2D eigenvalue weighted by atomic mass is 10.1. The first-order valence-electron chi connectivity index (χ1n) is 10.8. The summed E-state index contributed by atoms with van der Waals surface area (Å²) in [5.41, 5.74) is 2.31. The Morgan fingerprint density at radius 3 is 2.53 bits per heavy atom. The van der Waals surface area contributed by atoms with Gasteiger partial charge in [-0.05, 0) is 61.7 Å². The third-order valence-corrected chi connectivity index (χ3v) is 7.32. The van der Waals surface area contributed by atoms with Crippen molar-refractivity contribution in [2.75, 3.05) is 13.1 Å². The summed E-state index contributed by atoms with van der Waals surface area (Å²) in [6.07, 6.45) is 1.47. The van der Waals surface area contributed by atoms with Crippen LogP contribution in [0.2, 0.25) is 0 Å². The molecule has 1 aliphatic rings. The van der Waals surface area contributed by atoms with Crippen LogP contribution in [0, 0.1) is 12.7 Å². The Kier molecular flexibility index (Phi) is 5.53. The van der Waals surface area contributed by atoms with E-state index >= 15 is 0 Å². The minimum absolute atomic E-state index is 0.135. The molecule has 0 aliphatic carbocycles. The summed E-state index contributed by atoms with van der Waals surface area (Å²) in [5, 5.41) is 3.29. The predicted octanol–water partition coefficient (Wildman–Crippen LogP) is 4.31. The van der Waals surface area contributed by atoms with Crippen LogP contribution in [0.4, 0.5) is 4.39 Å². The van der Waals surface area contributed by atoms with Gasteiger partial charge in [0.15, 0.2) is 0 Å². The zero-order valence-corrected chi connectivity index (χ0v) is 18.6. The molecule has 0 spiro atoms. The molecule has 0 radical (unpaired) electrons. The largest absolute Gasteiger partial charge is 0.332 e. The summed E-state index contributed by atoms with van der Waals surface area (Å²) >= 11 is 1.41. The summed E-state index contributed by atoms with van der Waals surface area (Å²) < 4.78 is 17.8. The summed E-state index contributed by atoms with van der Waals surface area (Å²) in [7, 11) is 0. The van der Waals surface area contributed by atoms with Gasteiger partial charge in [0.2, 0.25) is 0 Å². The number of hydrogen-bond acceptors (Lipinski definition) is 4. The highest BCUT2D eigenvalue weighted by Gasteiger charge is 2.24. The van der Waals surface area contributed by atoms with E-state index in [2.05, 4.69) is 5.32 Å². The number of aromatic nitrogens is 2. The van der Waals surface area contributed by atoms with Crippen LogP contribution in [0.1, 0.15) is 30.0 Å². The van der Waals surface area contributed by atoms with Gasteiger partial charge < -0.3 is 5.32 Å². The fourth-order valence-electron chi connectivity index (χ4n) is 4.37. The minimum Gasteiger partial charge on any atom is -0.317 e.